The lowest BCUT2D eigenvalue weighted by Gasteiger charge is -2.20. The van der Waals surface area contributed by atoms with Gasteiger partial charge in [-0.25, -0.2) is 0 Å². The van der Waals surface area contributed by atoms with Crippen LogP contribution < -0.4 is 0 Å². The summed E-state index contributed by atoms with van der Waals surface area (Å²) < 4.78 is 0. The lowest BCUT2D eigenvalue weighted by atomic mass is 9.96. The van der Waals surface area contributed by atoms with Crippen molar-refractivity contribution in [3.05, 3.63) is 17.9 Å². The minimum atomic E-state index is -1.18. The van der Waals surface area contributed by atoms with Gasteiger partial charge in [0.05, 0.1) is 6.10 Å². The zero-order chi connectivity index (χ0) is 13.8. The van der Waals surface area contributed by atoms with Crippen molar-refractivity contribution in [3.63, 3.8) is 0 Å². The molecule has 0 aromatic carbocycles. The Bertz CT molecular complexity index is 348. The van der Waals surface area contributed by atoms with E-state index in [2.05, 4.69) is 32.0 Å². The van der Waals surface area contributed by atoms with Gasteiger partial charge >= 0.3 is 0 Å². The topological polar surface area (TPSA) is 37.3 Å². The summed E-state index contributed by atoms with van der Waals surface area (Å²) in [5, 5.41) is 10.1. The largest absolute Gasteiger partial charge is 0.393 e. The predicted molar refractivity (Wildman–Crippen MR) is 78.4 cm³/mol. The van der Waals surface area contributed by atoms with Gasteiger partial charge in [-0.1, -0.05) is 26.2 Å². The average molecular weight is 266 g/mol. The molecule has 102 valence electrons. The number of hydrogen-bond acceptors (Lipinski definition) is 2. The highest BCUT2D eigenvalue weighted by atomic mass is 28.3. The fraction of sp³-hybridized carbons (Fsp3) is 0.733. The standard InChI is InChI=1S/C15H26O2Si/c1-5-12(11-18(2,3)4)9-14(16)10-13-7-6-8-15(13)17/h13-14,16H,1,6-11H2,2-4H3. The molecule has 1 aliphatic carbocycles. The Morgan fingerprint density at radius 2 is 2.22 bits per heavy atom. The maximum absolute atomic E-state index is 11.6. The monoisotopic (exact) mass is 266 g/mol. The van der Waals surface area contributed by atoms with Crippen molar-refractivity contribution in [2.75, 3.05) is 0 Å². The summed E-state index contributed by atoms with van der Waals surface area (Å²) in [4.78, 5) is 11.6. The number of Topliss-reactive ketones (excluding diaryl/α,β-unsaturated/α-hetero) is 1. The number of ketones is 1. The molecule has 0 amide bonds. The molecule has 1 N–H and O–H groups in total. The van der Waals surface area contributed by atoms with Gasteiger partial charge < -0.3 is 5.11 Å². The number of carbonyl (C=O) groups excluding carboxylic acids is 1. The fourth-order valence-electron chi connectivity index (χ4n) is 2.68. The van der Waals surface area contributed by atoms with Crippen molar-refractivity contribution in [1.29, 1.82) is 0 Å². The van der Waals surface area contributed by atoms with Crippen LogP contribution in [0.3, 0.4) is 0 Å². The third kappa shape index (κ3) is 5.34. The molecule has 2 unspecified atom stereocenters. The van der Waals surface area contributed by atoms with E-state index < -0.39 is 14.2 Å². The van der Waals surface area contributed by atoms with Crippen molar-refractivity contribution >= 4 is 13.9 Å². The van der Waals surface area contributed by atoms with Crippen LogP contribution in [0.15, 0.2) is 17.9 Å². The quantitative estimate of drug-likeness (QED) is 0.590. The molecule has 2 atom stereocenters. The molecule has 0 aromatic rings. The molecule has 1 saturated carbocycles. The van der Waals surface area contributed by atoms with Crippen LogP contribution in [0.25, 0.3) is 0 Å². The van der Waals surface area contributed by atoms with Gasteiger partial charge in [-0.3, -0.25) is 4.79 Å². The Morgan fingerprint density at radius 1 is 1.56 bits per heavy atom. The van der Waals surface area contributed by atoms with E-state index in [-0.39, 0.29) is 5.92 Å². The van der Waals surface area contributed by atoms with Crippen molar-refractivity contribution < 1.29 is 9.90 Å². The maximum atomic E-state index is 11.6. The van der Waals surface area contributed by atoms with Crippen LogP contribution in [0.5, 0.6) is 0 Å². The summed E-state index contributed by atoms with van der Waals surface area (Å²) in [5.74, 6) is 0.432. The molecule has 0 heterocycles. The van der Waals surface area contributed by atoms with Crippen LogP contribution in [-0.2, 0) is 4.79 Å². The van der Waals surface area contributed by atoms with Crippen LogP contribution in [0.4, 0.5) is 0 Å². The second-order valence-corrected chi connectivity index (χ2v) is 12.1. The molecular formula is C15H26O2Si. The van der Waals surface area contributed by atoms with E-state index in [1.165, 1.54) is 0 Å². The predicted octanol–water partition coefficient (Wildman–Crippen LogP) is 3.55. The molecule has 0 aliphatic heterocycles. The van der Waals surface area contributed by atoms with Crippen LogP contribution in [0.1, 0.15) is 32.1 Å². The highest BCUT2D eigenvalue weighted by molar-refractivity contribution is 6.76. The van der Waals surface area contributed by atoms with E-state index in [0.717, 1.165) is 24.5 Å². The summed E-state index contributed by atoms with van der Waals surface area (Å²) in [6, 6.07) is 1.03. The first kappa shape index (κ1) is 15.4. The number of rotatable bonds is 6. The minimum absolute atomic E-state index is 0.0953. The van der Waals surface area contributed by atoms with Gasteiger partial charge in [0.1, 0.15) is 5.78 Å². The molecule has 2 nitrogen and oxygen atoms in total. The molecule has 0 spiro atoms. The molecule has 0 aromatic heterocycles. The number of hydrogen-bond donors (Lipinski definition) is 1. The molecule has 1 aliphatic rings. The van der Waals surface area contributed by atoms with Crippen molar-refractivity contribution in [3.8, 4) is 0 Å². The average Bonchev–Trinajstić information content (AvgIpc) is 2.61. The summed E-state index contributed by atoms with van der Waals surface area (Å²) in [6.45, 7) is 10.6. The zero-order valence-electron chi connectivity index (χ0n) is 12.0. The fourth-order valence-corrected chi connectivity index (χ4v) is 4.23. The van der Waals surface area contributed by atoms with Crippen LogP contribution >= 0.6 is 0 Å². The summed E-state index contributed by atoms with van der Waals surface area (Å²) >= 11 is 0. The molecule has 0 radical (unpaired) electrons. The van der Waals surface area contributed by atoms with Crippen molar-refractivity contribution in [2.45, 2.75) is 63.9 Å². The minimum Gasteiger partial charge on any atom is -0.393 e. The van der Waals surface area contributed by atoms with Gasteiger partial charge in [0.15, 0.2) is 0 Å². The van der Waals surface area contributed by atoms with Gasteiger partial charge in [0.2, 0.25) is 0 Å². The van der Waals surface area contributed by atoms with E-state index >= 15 is 0 Å². The summed E-state index contributed by atoms with van der Waals surface area (Å²) in [6.07, 6.45) is 3.51. The van der Waals surface area contributed by atoms with E-state index in [9.17, 15) is 9.90 Å². The number of carbonyl (C=O) groups is 1. The van der Waals surface area contributed by atoms with Gasteiger partial charge in [-0.05, 0) is 30.9 Å². The SMILES string of the molecule is C=C=C(CC(O)CC1CCCC1=O)C[Si](C)(C)C. The second-order valence-electron chi connectivity index (χ2n) is 6.67. The highest BCUT2D eigenvalue weighted by Crippen LogP contribution is 2.28. The van der Waals surface area contributed by atoms with Gasteiger partial charge in [-0.15, -0.1) is 5.73 Å². The molecule has 0 bridgehead atoms. The molecule has 0 saturated heterocycles. The lowest BCUT2D eigenvalue weighted by molar-refractivity contribution is -0.121. The lowest BCUT2D eigenvalue weighted by Crippen LogP contribution is -2.22. The van der Waals surface area contributed by atoms with E-state index in [0.29, 0.717) is 25.0 Å². The molecule has 1 fully saturated rings. The van der Waals surface area contributed by atoms with Gasteiger partial charge in [-0.2, -0.15) is 0 Å². The first-order valence-corrected chi connectivity index (χ1v) is 10.6. The molecule has 18 heavy (non-hydrogen) atoms. The number of aliphatic hydroxyl groups excluding tert-OH is 1. The van der Waals surface area contributed by atoms with Crippen LogP contribution in [0.2, 0.25) is 25.7 Å². The van der Waals surface area contributed by atoms with E-state index in [1.54, 1.807) is 0 Å². The smallest absolute Gasteiger partial charge is 0.136 e. The van der Waals surface area contributed by atoms with E-state index in [1.807, 2.05) is 0 Å². The first-order valence-electron chi connectivity index (χ1n) is 6.90. The Morgan fingerprint density at radius 3 is 2.67 bits per heavy atom. The molecular weight excluding hydrogens is 240 g/mol. The van der Waals surface area contributed by atoms with E-state index in [4.69, 9.17) is 0 Å². The van der Waals surface area contributed by atoms with Crippen molar-refractivity contribution in [1.82, 2.24) is 0 Å². The maximum Gasteiger partial charge on any atom is 0.136 e. The first-order chi connectivity index (χ1) is 8.31. The number of aliphatic hydroxyl groups is 1. The Hall–Kier alpha value is -0.633. The third-order valence-corrected chi connectivity index (χ3v) is 4.95. The normalized spacial score (nSPS) is 21.8. The Balaban J connectivity index is 2.45. The summed E-state index contributed by atoms with van der Waals surface area (Å²) in [5.41, 5.74) is 4.11. The highest BCUT2D eigenvalue weighted by Gasteiger charge is 2.27. The molecule has 3 heteroatoms. The van der Waals surface area contributed by atoms with Crippen LogP contribution in [-0.4, -0.2) is 25.1 Å². The molecule has 1 rings (SSSR count). The van der Waals surface area contributed by atoms with Crippen LogP contribution in [0, 0.1) is 5.92 Å². The Labute approximate surface area is 112 Å². The third-order valence-electron chi connectivity index (χ3n) is 3.46. The van der Waals surface area contributed by atoms with Gasteiger partial charge in [0.25, 0.3) is 0 Å². The Kier molecular flexibility index (Phi) is 5.58. The zero-order valence-corrected chi connectivity index (χ0v) is 13.0. The van der Waals surface area contributed by atoms with Gasteiger partial charge in [0, 0.05) is 26.8 Å². The van der Waals surface area contributed by atoms with Crippen molar-refractivity contribution in [2.24, 2.45) is 5.92 Å². The summed E-state index contributed by atoms with van der Waals surface area (Å²) in [7, 11) is -1.18. The second kappa shape index (κ2) is 6.51.